The highest BCUT2D eigenvalue weighted by molar-refractivity contribution is 5.32. The Morgan fingerprint density at radius 3 is 2.43 bits per heavy atom. The van der Waals surface area contributed by atoms with Crippen molar-refractivity contribution >= 4 is 0 Å². The lowest BCUT2D eigenvalue weighted by Gasteiger charge is -2.19. The topological polar surface area (TPSA) is 26.0 Å². The van der Waals surface area contributed by atoms with E-state index in [0.717, 1.165) is 18.4 Å². The van der Waals surface area contributed by atoms with E-state index in [1.807, 2.05) is 30.3 Å². The maximum absolute atomic E-state index is 13.8. The third-order valence-electron chi connectivity index (χ3n) is 3.16. The molecule has 0 aromatic heterocycles. The molecule has 1 nitrogen and oxygen atoms in total. The monoisotopic (exact) mass is 193 g/mol. The van der Waals surface area contributed by atoms with Crippen LogP contribution in [0.3, 0.4) is 0 Å². The number of hydrogen-bond acceptors (Lipinski definition) is 1. The molecule has 0 bridgehead atoms. The molecule has 1 atom stereocenters. The van der Waals surface area contributed by atoms with Crippen molar-refractivity contribution in [1.29, 1.82) is 0 Å². The number of halogens is 1. The molecular formula is C12H16FN. The largest absolute Gasteiger partial charge is 0.330 e. The lowest BCUT2D eigenvalue weighted by molar-refractivity contribution is 0.253. The first-order valence-corrected chi connectivity index (χ1v) is 5.19. The van der Waals surface area contributed by atoms with E-state index in [2.05, 4.69) is 0 Å². The molecule has 2 N–H and O–H groups in total. The molecule has 1 aliphatic rings. The van der Waals surface area contributed by atoms with Gasteiger partial charge in [-0.2, -0.15) is 0 Å². The molecule has 0 saturated heterocycles. The van der Waals surface area contributed by atoms with E-state index in [-0.39, 0.29) is 5.41 Å². The van der Waals surface area contributed by atoms with Crippen LogP contribution in [0.15, 0.2) is 30.3 Å². The van der Waals surface area contributed by atoms with Crippen LogP contribution < -0.4 is 5.73 Å². The van der Waals surface area contributed by atoms with Crippen LogP contribution >= 0.6 is 0 Å². The summed E-state index contributed by atoms with van der Waals surface area (Å²) in [5.74, 6) is 0. The molecule has 76 valence electrons. The predicted octanol–water partition coefficient (Wildman–Crippen LogP) is 2.41. The first-order chi connectivity index (χ1) is 6.79. The molecule has 0 radical (unpaired) electrons. The molecular weight excluding hydrogens is 177 g/mol. The van der Waals surface area contributed by atoms with Crippen LogP contribution in [0.2, 0.25) is 0 Å². The highest BCUT2D eigenvalue weighted by Gasteiger charge is 2.50. The SMILES string of the molecule is NCCC(F)C1(c2ccccc2)CC1. The molecule has 2 heteroatoms. The molecule has 0 spiro atoms. The smallest absolute Gasteiger partial charge is 0.111 e. The van der Waals surface area contributed by atoms with Gasteiger partial charge in [-0.1, -0.05) is 30.3 Å². The van der Waals surface area contributed by atoms with E-state index in [4.69, 9.17) is 5.73 Å². The second-order valence-corrected chi connectivity index (χ2v) is 4.07. The Bertz CT molecular complexity index is 292. The molecule has 1 saturated carbocycles. The van der Waals surface area contributed by atoms with Crippen LogP contribution in [0.25, 0.3) is 0 Å². The lowest BCUT2D eigenvalue weighted by Crippen LogP contribution is -2.24. The fourth-order valence-corrected chi connectivity index (χ4v) is 2.11. The summed E-state index contributed by atoms with van der Waals surface area (Å²) in [6.07, 6.45) is 1.65. The first kappa shape index (κ1) is 9.66. The van der Waals surface area contributed by atoms with Gasteiger partial charge in [0.05, 0.1) is 0 Å². The quantitative estimate of drug-likeness (QED) is 0.780. The van der Waals surface area contributed by atoms with Crippen molar-refractivity contribution in [1.82, 2.24) is 0 Å². The van der Waals surface area contributed by atoms with Gasteiger partial charge in [0.15, 0.2) is 0 Å². The number of benzene rings is 1. The molecule has 0 amide bonds. The van der Waals surface area contributed by atoms with Gasteiger partial charge in [-0.15, -0.1) is 0 Å². The maximum atomic E-state index is 13.8. The summed E-state index contributed by atoms with van der Waals surface area (Å²) in [5, 5.41) is 0. The van der Waals surface area contributed by atoms with Gasteiger partial charge in [-0.25, -0.2) is 4.39 Å². The van der Waals surface area contributed by atoms with E-state index < -0.39 is 6.17 Å². The maximum Gasteiger partial charge on any atom is 0.111 e. The Labute approximate surface area is 84.1 Å². The van der Waals surface area contributed by atoms with Crippen LogP contribution in [-0.4, -0.2) is 12.7 Å². The second kappa shape index (κ2) is 3.70. The zero-order chi connectivity index (χ0) is 10.0. The lowest BCUT2D eigenvalue weighted by atomic mass is 9.89. The van der Waals surface area contributed by atoms with E-state index in [9.17, 15) is 4.39 Å². The standard InChI is InChI=1S/C12H16FN/c13-11(6-9-14)12(7-8-12)10-4-2-1-3-5-10/h1-5,11H,6-9,14H2. The average molecular weight is 193 g/mol. The van der Waals surface area contributed by atoms with Crippen molar-refractivity contribution in [2.24, 2.45) is 5.73 Å². The molecule has 1 aliphatic carbocycles. The van der Waals surface area contributed by atoms with Gasteiger partial charge in [0.1, 0.15) is 6.17 Å². The highest BCUT2D eigenvalue weighted by atomic mass is 19.1. The van der Waals surface area contributed by atoms with Crippen LogP contribution in [0.5, 0.6) is 0 Å². The summed E-state index contributed by atoms with van der Waals surface area (Å²) in [6, 6.07) is 9.97. The number of nitrogens with two attached hydrogens (primary N) is 1. The number of rotatable bonds is 4. The normalized spacial score (nSPS) is 20.4. The Kier molecular flexibility index (Phi) is 2.55. The summed E-state index contributed by atoms with van der Waals surface area (Å²) in [6.45, 7) is 0.440. The van der Waals surface area contributed by atoms with Crippen molar-refractivity contribution < 1.29 is 4.39 Å². The van der Waals surface area contributed by atoms with Gasteiger partial charge in [0.25, 0.3) is 0 Å². The highest BCUT2D eigenvalue weighted by Crippen LogP contribution is 2.52. The summed E-state index contributed by atoms with van der Waals surface area (Å²) >= 11 is 0. The molecule has 0 heterocycles. The van der Waals surface area contributed by atoms with Crippen molar-refractivity contribution in [2.45, 2.75) is 30.8 Å². The third-order valence-corrected chi connectivity index (χ3v) is 3.16. The average Bonchev–Trinajstić information content (AvgIpc) is 3.00. The fourth-order valence-electron chi connectivity index (χ4n) is 2.11. The summed E-state index contributed by atoms with van der Waals surface area (Å²) in [4.78, 5) is 0. The predicted molar refractivity (Wildman–Crippen MR) is 55.9 cm³/mol. The minimum Gasteiger partial charge on any atom is -0.330 e. The van der Waals surface area contributed by atoms with Gasteiger partial charge in [-0.3, -0.25) is 0 Å². The summed E-state index contributed by atoms with van der Waals surface area (Å²) < 4.78 is 13.8. The Morgan fingerprint density at radius 1 is 1.29 bits per heavy atom. The molecule has 0 aliphatic heterocycles. The Hall–Kier alpha value is -0.890. The third kappa shape index (κ3) is 1.55. The zero-order valence-electron chi connectivity index (χ0n) is 8.25. The van der Waals surface area contributed by atoms with Gasteiger partial charge < -0.3 is 5.73 Å². The molecule has 2 rings (SSSR count). The minimum absolute atomic E-state index is 0.194. The number of hydrogen-bond donors (Lipinski definition) is 1. The van der Waals surface area contributed by atoms with Crippen molar-refractivity contribution in [2.75, 3.05) is 6.54 Å². The summed E-state index contributed by atoms with van der Waals surface area (Å²) in [7, 11) is 0. The van der Waals surface area contributed by atoms with Crippen LogP contribution in [0, 0.1) is 0 Å². The van der Waals surface area contributed by atoms with E-state index in [1.54, 1.807) is 0 Å². The summed E-state index contributed by atoms with van der Waals surface area (Å²) in [5.41, 5.74) is 6.34. The van der Waals surface area contributed by atoms with Crippen LogP contribution in [0.4, 0.5) is 4.39 Å². The Morgan fingerprint density at radius 2 is 1.93 bits per heavy atom. The molecule has 1 unspecified atom stereocenters. The van der Waals surface area contributed by atoms with Crippen LogP contribution in [-0.2, 0) is 5.41 Å². The van der Waals surface area contributed by atoms with Gasteiger partial charge in [-0.05, 0) is 31.4 Å². The van der Waals surface area contributed by atoms with Crippen molar-refractivity contribution in [3.8, 4) is 0 Å². The number of alkyl halides is 1. The van der Waals surface area contributed by atoms with Crippen LogP contribution in [0.1, 0.15) is 24.8 Å². The van der Waals surface area contributed by atoms with Gasteiger partial charge in [0, 0.05) is 5.41 Å². The minimum atomic E-state index is -0.769. The second-order valence-electron chi connectivity index (χ2n) is 4.07. The first-order valence-electron chi connectivity index (χ1n) is 5.19. The molecule has 14 heavy (non-hydrogen) atoms. The Balaban J connectivity index is 2.17. The van der Waals surface area contributed by atoms with Gasteiger partial charge in [0.2, 0.25) is 0 Å². The van der Waals surface area contributed by atoms with E-state index in [0.29, 0.717) is 13.0 Å². The van der Waals surface area contributed by atoms with Crippen molar-refractivity contribution in [3.63, 3.8) is 0 Å². The fraction of sp³-hybridized carbons (Fsp3) is 0.500. The molecule has 1 aromatic rings. The molecule has 1 fully saturated rings. The van der Waals surface area contributed by atoms with E-state index >= 15 is 0 Å². The zero-order valence-corrected chi connectivity index (χ0v) is 8.25. The molecule has 1 aromatic carbocycles. The van der Waals surface area contributed by atoms with Crippen molar-refractivity contribution in [3.05, 3.63) is 35.9 Å². The van der Waals surface area contributed by atoms with E-state index in [1.165, 1.54) is 0 Å². The van der Waals surface area contributed by atoms with Gasteiger partial charge >= 0.3 is 0 Å².